The maximum atomic E-state index is 8.92. The van der Waals surface area contributed by atoms with E-state index in [1.54, 1.807) is 37.4 Å². The molecule has 1 heterocycles. The molecule has 0 atom stereocenters. The fraction of sp³-hybridized carbons (Fsp3) is 0.0769. The highest BCUT2D eigenvalue weighted by atomic mass is 16.5. The van der Waals surface area contributed by atoms with E-state index < -0.39 is 0 Å². The Morgan fingerprint density at radius 3 is 2.83 bits per heavy atom. The first-order valence-electron chi connectivity index (χ1n) is 5.21. The zero-order valence-electron chi connectivity index (χ0n) is 9.75. The molecule has 0 unspecified atom stereocenters. The van der Waals surface area contributed by atoms with Crippen molar-refractivity contribution in [1.82, 2.24) is 4.98 Å². The minimum atomic E-state index is 0.208. The van der Waals surface area contributed by atoms with Crippen LogP contribution in [0.15, 0.2) is 36.5 Å². The Morgan fingerprint density at radius 1 is 1.28 bits per heavy atom. The van der Waals surface area contributed by atoms with Gasteiger partial charge in [-0.3, -0.25) is 0 Å². The van der Waals surface area contributed by atoms with Crippen LogP contribution in [0.2, 0.25) is 0 Å². The summed E-state index contributed by atoms with van der Waals surface area (Å²) in [4.78, 5) is 3.91. The summed E-state index contributed by atoms with van der Waals surface area (Å²) < 4.78 is 10.7. The fourth-order valence-electron chi connectivity index (χ4n) is 1.41. The van der Waals surface area contributed by atoms with Gasteiger partial charge >= 0.3 is 0 Å². The molecular weight excluding hydrogens is 230 g/mol. The average Bonchev–Trinajstić information content (AvgIpc) is 2.42. The lowest BCUT2D eigenvalue weighted by Crippen LogP contribution is -1.95. The molecule has 18 heavy (non-hydrogen) atoms. The Bertz CT molecular complexity index is 605. The van der Waals surface area contributed by atoms with Crippen LogP contribution in [0.25, 0.3) is 0 Å². The van der Waals surface area contributed by atoms with Crippen molar-refractivity contribution < 1.29 is 9.47 Å². The van der Waals surface area contributed by atoms with E-state index in [2.05, 4.69) is 4.98 Å². The Labute approximate surface area is 104 Å². The maximum absolute atomic E-state index is 8.92. The maximum Gasteiger partial charge on any atom is 0.183 e. The van der Waals surface area contributed by atoms with Crippen molar-refractivity contribution in [3.8, 4) is 23.3 Å². The van der Waals surface area contributed by atoms with Gasteiger partial charge in [-0.25, -0.2) is 4.98 Å². The van der Waals surface area contributed by atoms with Crippen LogP contribution < -0.4 is 15.2 Å². The van der Waals surface area contributed by atoms with Gasteiger partial charge in [-0.1, -0.05) is 0 Å². The summed E-state index contributed by atoms with van der Waals surface area (Å²) in [6.45, 7) is 0. The van der Waals surface area contributed by atoms with E-state index >= 15 is 0 Å². The van der Waals surface area contributed by atoms with Gasteiger partial charge in [0.15, 0.2) is 17.2 Å². The first-order valence-corrected chi connectivity index (χ1v) is 5.21. The van der Waals surface area contributed by atoms with Crippen molar-refractivity contribution in [3.63, 3.8) is 0 Å². The van der Waals surface area contributed by atoms with Gasteiger partial charge in [0.2, 0.25) is 0 Å². The van der Waals surface area contributed by atoms with Crippen molar-refractivity contribution in [2.45, 2.75) is 0 Å². The van der Waals surface area contributed by atoms with Gasteiger partial charge in [-0.2, -0.15) is 5.26 Å². The van der Waals surface area contributed by atoms with Crippen LogP contribution in [0.4, 0.5) is 5.69 Å². The number of hydrogen-bond acceptors (Lipinski definition) is 5. The number of nitrogens with two attached hydrogens (primary N) is 1. The number of ether oxygens (including phenoxy) is 2. The molecular formula is C13H11N3O2. The van der Waals surface area contributed by atoms with Crippen molar-refractivity contribution in [2.24, 2.45) is 0 Å². The highest BCUT2D eigenvalue weighted by Crippen LogP contribution is 2.31. The van der Waals surface area contributed by atoms with Gasteiger partial charge < -0.3 is 15.2 Å². The van der Waals surface area contributed by atoms with Gasteiger partial charge in [-0.05, 0) is 24.3 Å². The Kier molecular flexibility index (Phi) is 3.30. The van der Waals surface area contributed by atoms with Crippen molar-refractivity contribution in [1.29, 1.82) is 5.26 Å². The quantitative estimate of drug-likeness (QED) is 0.834. The summed E-state index contributed by atoms with van der Waals surface area (Å²) in [6.07, 6.45) is 1.53. The molecule has 2 aromatic rings. The zero-order valence-corrected chi connectivity index (χ0v) is 9.75. The Balaban J connectivity index is 2.37. The largest absolute Gasteiger partial charge is 0.497 e. The fourth-order valence-corrected chi connectivity index (χ4v) is 1.41. The molecule has 5 heteroatoms. The van der Waals surface area contributed by atoms with Gasteiger partial charge in [0, 0.05) is 12.3 Å². The lowest BCUT2D eigenvalue weighted by Gasteiger charge is -2.10. The molecule has 0 spiro atoms. The van der Waals surface area contributed by atoms with Crippen LogP contribution >= 0.6 is 0 Å². The number of methoxy groups -OCH3 is 1. The Morgan fingerprint density at radius 2 is 2.11 bits per heavy atom. The molecule has 0 saturated carbocycles. The van der Waals surface area contributed by atoms with E-state index in [1.165, 1.54) is 6.20 Å². The molecule has 0 fully saturated rings. The standard InChI is InChI=1S/C13H11N3O2/c1-17-9-4-5-10(15)13(7-9)18-12-3-2-6-16-11(12)8-14/h2-7H,15H2,1H3. The molecule has 2 rings (SSSR count). The summed E-state index contributed by atoms with van der Waals surface area (Å²) in [5, 5.41) is 8.92. The van der Waals surface area contributed by atoms with Crippen LogP contribution in [0.1, 0.15) is 5.69 Å². The molecule has 1 aromatic heterocycles. The van der Waals surface area contributed by atoms with Crippen LogP contribution in [-0.2, 0) is 0 Å². The third kappa shape index (κ3) is 2.33. The second-order valence-electron chi connectivity index (χ2n) is 3.47. The lowest BCUT2D eigenvalue weighted by atomic mass is 10.2. The molecule has 0 saturated heterocycles. The first kappa shape index (κ1) is 11.7. The Hall–Kier alpha value is -2.74. The topological polar surface area (TPSA) is 81.2 Å². The number of benzene rings is 1. The lowest BCUT2D eigenvalue weighted by molar-refractivity contribution is 0.409. The molecule has 2 N–H and O–H groups in total. The number of aromatic nitrogens is 1. The molecule has 0 bridgehead atoms. The van der Waals surface area contributed by atoms with Gasteiger partial charge in [0.1, 0.15) is 11.8 Å². The first-order chi connectivity index (χ1) is 8.74. The second-order valence-corrected chi connectivity index (χ2v) is 3.47. The van der Waals surface area contributed by atoms with Crippen LogP contribution in [-0.4, -0.2) is 12.1 Å². The number of pyridine rings is 1. The predicted molar refractivity (Wildman–Crippen MR) is 66.4 cm³/mol. The van der Waals surface area contributed by atoms with E-state index in [1.807, 2.05) is 6.07 Å². The third-order valence-corrected chi connectivity index (χ3v) is 2.32. The summed E-state index contributed by atoms with van der Waals surface area (Å²) in [6, 6.07) is 10.4. The molecule has 0 radical (unpaired) electrons. The minimum Gasteiger partial charge on any atom is -0.497 e. The number of nitrogens with zero attached hydrogens (tertiary/aromatic N) is 2. The van der Waals surface area contributed by atoms with E-state index in [0.717, 1.165) is 0 Å². The second kappa shape index (κ2) is 5.06. The van der Waals surface area contributed by atoms with Crippen LogP contribution in [0.5, 0.6) is 17.2 Å². The number of nitriles is 1. The molecule has 0 aliphatic carbocycles. The molecule has 5 nitrogen and oxygen atoms in total. The van der Waals surface area contributed by atoms with Gasteiger partial charge in [0.25, 0.3) is 0 Å². The summed E-state index contributed by atoms with van der Waals surface area (Å²) in [7, 11) is 1.56. The monoisotopic (exact) mass is 241 g/mol. The summed E-state index contributed by atoms with van der Waals surface area (Å²) in [5.41, 5.74) is 6.47. The van der Waals surface area contributed by atoms with Crippen molar-refractivity contribution in [2.75, 3.05) is 12.8 Å². The molecule has 90 valence electrons. The number of hydrogen-bond donors (Lipinski definition) is 1. The third-order valence-electron chi connectivity index (χ3n) is 2.32. The van der Waals surface area contributed by atoms with Gasteiger partial charge in [-0.15, -0.1) is 0 Å². The van der Waals surface area contributed by atoms with Crippen LogP contribution in [0, 0.1) is 11.3 Å². The van der Waals surface area contributed by atoms with E-state index in [9.17, 15) is 0 Å². The molecule has 0 aliphatic heterocycles. The predicted octanol–water partition coefficient (Wildman–Crippen LogP) is 2.34. The van der Waals surface area contributed by atoms with Crippen molar-refractivity contribution in [3.05, 3.63) is 42.2 Å². The number of rotatable bonds is 3. The SMILES string of the molecule is COc1ccc(N)c(Oc2cccnc2C#N)c1. The van der Waals surface area contributed by atoms with E-state index in [0.29, 0.717) is 22.9 Å². The van der Waals surface area contributed by atoms with E-state index in [4.69, 9.17) is 20.5 Å². The number of anilines is 1. The molecule has 1 aromatic carbocycles. The zero-order chi connectivity index (χ0) is 13.0. The minimum absolute atomic E-state index is 0.208. The average molecular weight is 241 g/mol. The van der Waals surface area contributed by atoms with Gasteiger partial charge in [0.05, 0.1) is 12.8 Å². The van der Waals surface area contributed by atoms with Crippen LogP contribution in [0.3, 0.4) is 0 Å². The highest BCUT2D eigenvalue weighted by Gasteiger charge is 2.08. The summed E-state index contributed by atoms with van der Waals surface area (Å²) >= 11 is 0. The smallest absolute Gasteiger partial charge is 0.183 e. The summed E-state index contributed by atoms with van der Waals surface area (Å²) in [5.74, 6) is 1.42. The van der Waals surface area contributed by atoms with E-state index in [-0.39, 0.29) is 5.69 Å². The van der Waals surface area contributed by atoms with Crippen molar-refractivity contribution >= 4 is 5.69 Å². The normalized spacial score (nSPS) is 9.56. The highest BCUT2D eigenvalue weighted by molar-refractivity contribution is 5.57. The molecule has 0 aliphatic rings. The molecule has 0 amide bonds. The number of nitrogen functional groups attached to an aromatic ring is 1.